The van der Waals surface area contributed by atoms with E-state index in [0.717, 1.165) is 51.4 Å². The molecule has 0 aliphatic heterocycles. The minimum absolute atomic E-state index is 0.257. The summed E-state index contributed by atoms with van der Waals surface area (Å²) in [5.41, 5.74) is 0. The van der Waals surface area contributed by atoms with E-state index in [1.807, 2.05) is 0 Å². The first-order valence-corrected chi connectivity index (χ1v) is 12.8. The monoisotopic (exact) mass is 448 g/mol. The summed E-state index contributed by atoms with van der Waals surface area (Å²) in [5, 5.41) is 0. The Labute approximate surface area is 195 Å². The molecule has 0 radical (unpaired) electrons. The molecule has 0 aromatic heterocycles. The Kier molecular flexibility index (Phi) is 16.2. The van der Waals surface area contributed by atoms with Crippen molar-refractivity contribution in [1.29, 1.82) is 0 Å². The van der Waals surface area contributed by atoms with Gasteiger partial charge in [0.1, 0.15) is 5.75 Å². The van der Waals surface area contributed by atoms with Crippen LogP contribution < -0.4 is 14.2 Å². The van der Waals surface area contributed by atoms with E-state index in [-0.39, 0.29) is 23.4 Å². The number of ether oxygens (including phenoxy) is 3. The normalized spacial score (nSPS) is 10.7. The lowest BCUT2D eigenvalue weighted by Crippen LogP contribution is -2.12. The maximum atomic E-state index is 12.3. The highest BCUT2D eigenvalue weighted by molar-refractivity contribution is 5.76. The standard InChI is InChI=1S/C27H44O5/c1-4-7-10-11-12-13-16-21-30-23-19-20-24(31-26(28)17-14-8-5-2)25(22-23)32-27(29)18-15-9-6-3/h19-20,22H,4-18,21H2,1-3H3. The van der Waals surface area contributed by atoms with Crippen LogP contribution in [0, 0.1) is 0 Å². The topological polar surface area (TPSA) is 61.8 Å². The predicted molar refractivity (Wildman–Crippen MR) is 129 cm³/mol. The molecule has 0 saturated carbocycles. The molecule has 5 nitrogen and oxygen atoms in total. The molecule has 182 valence electrons. The third-order valence-corrected chi connectivity index (χ3v) is 5.35. The fourth-order valence-corrected chi connectivity index (χ4v) is 3.38. The lowest BCUT2D eigenvalue weighted by molar-refractivity contribution is -0.137. The van der Waals surface area contributed by atoms with Gasteiger partial charge >= 0.3 is 11.9 Å². The van der Waals surface area contributed by atoms with Crippen LogP contribution >= 0.6 is 0 Å². The molecule has 0 heterocycles. The van der Waals surface area contributed by atoms with E-state index in [0.29, 0.717) is 25.2 Å². The Bertz CT molecular complexity index is 641. The third-order valence-electron chi connectivity index (χ3n) is 5.35. The molecule has 0 aliphatic carbocycles. The van der Waals surface area contributed by atoms with Gasteiger partial charge in [0.15, 0.2) is 11.5 Å². The molecule has 0 spiro atoms. The zero-order valence-corrected chi connectivity index (χ0v) is 20.6. The zero-order chi connectivity index (χ0) is 23.4. The lowest BCUT2D eigenvalue weighted by atomic mass is 10.1. The molecule has 0 unspecified atom stereocenters. The fourth-order valence-electron chi connectivity index (χ4n) is 3.38. The molecular formula is C27H44O5. The predicted octanol–water partition coefficient (Wildman–Crippen LogP) is 7.79. The number of carbonyl (C=O) groups excluding carboxylic acids is 2. The van der Waals surface area contributed by atoms with Crippen molar-refractivity contribution in [1.82, 2.24) is 0 Å². The number of carbonyl (C=O) groups is 2. The van der Waals surface area contributed by atoms with E-state index in [2.05, 4.69) is 20.8 Å². The van der Waals surface area contributed by atoms with E-state index in [1.165, 1.54) is 32.1 Å². The molecule has 1 aromatic rings. The van der Waals surface area contributed by atoms with Gasteiger partial charge in [-0.3, -0.25) is 9.59 Å². The maximum Gasteiger partial charge on any atom is 0.311 e. The van der Waals surface area contributed by atoms with E-state index >= 15 is 0 Å². The van der Waals surface area contributed by atoms with Gasteiger partial charge < -0.3 is 14.2 Å². The second-order valence-corrected chi connectivity index (χ2v) is 8.44. The molecule has 1 rings (SSSR count). The first-order chi connectivity index (χ1) is 15.6. The highest BCUT2D eigenvalue weighted by Crippen LogP contribution is 2.33. The number of hydrogen-bond acceptors (Lipinski definition) is 5. The Hall–Kier alpha value is -2.04. The Morgan fingerprint density at radius 3 is 1.72 bits per heavy atom. The van der Waals surface area contributed by atoms with Gasteiger partial charge in [-0.2, -0.15) is 0 Å². The third kappa shape index (κ3) is 13.4. The van der Waals surface area contributed by atoms with Crippen LogP contribution in [0.3, 0.4) is 0 Å². The van der Waals surface area contributed by atoms with Crippen molar-refractivity contribution in [2.45, 2.75) is 117 Å². The fraction of sp³-hybridized carbons (Fsp3) is 0.704. The smallest absolute Gasteiger partial charge is 0.311 e. The summed E-state index contributed by atoms with van der Waals surface area (Å²) in [4.78, 5) is 24.4. The Balaban J connectivity index is 2.63. The second-order valence-electron chi connectivity index (χ2n) is 8.44. The van der Waals surface area contributed by atoms with Crippen LogP contribution in [0.5, 0.6) is 17.2 Å². The highest BCUT2D eigenvalue weighted by Gasteiger charge is 2.15. The number of hydrogen-bond donors (Lipinski definition) is 0. The zero-order valence-electron chi connectivity index (χ0n) is 20.6. The van der Waals surface area contributed by atoms with Gasteiger partial charge in [0.25, 0.3) is 0 Å². The van der Waals surface area contributed by atoms with Gasteiger partial charge in [0, 0.05) is 18.9 Å². The first-order valence-electron chi connectivity index (χ1n) is 12.8. The van der Waals surface area contributed by atoms with Crippen LogP contribution in [0.15, 0.2) is 18.2 Å². The van der Waals surface area contributed by atoms with Crippen LogP contribution in [0.1, 0.15) is 117 Å². The van der Waals surface area contributed by atoms with Crippen molar-refractivity contribution in [2.75, 3.05) is 6.61 Å². The summed E-state index contributed by atoms with van der Waals surface area (Å²) in [7, 11) is 0. The van der Waals surface area contributed by atoms with E-state index in [4.69, 9.17) is 14.2 Å². The minimum atomic E-state index is -0.314. The molecule has 32 heavy (non-hydrogen) atoms. The summed E-state index contributed by atoms with van der Waals surface area (Å²) in [6.07, 6.45) is 14.9. The molecule has 1 aromatic carbocycles. The molecule has 5 heteroatoms. The summed E-state index contributed by atoms with van der Waals surface area (Å²) >= 11 is 0. The maximum absolute atomic E-state index is 12.3. The number of unbranched alkanes of at least 4 members (excludes halogenated alkanes) is 10. The van der Waals surface area contributed by atoms with Crippen molar-refractivity contribution < 1.29 is 23.8 Å². The van der Waals surface area contributed by atoms with Gasteiger partial charge in [-0.1, -0.05) is 85.0 Å². The van der Waals surface area contributed by atoms with Crippen LogP contribution in [-0.2, 0) is 9.59 Å². The molecular weight excluding hydrogens is 404 g/mol. The lowest BCUT2D eigenvalue weighted by Gasteiger charge is -2.13. The van der Waals surface area contributed by atoms with Gasteiger partial charge in [-0.25, -0.2) is 0 Å². The van der Waals surface area contributed by atoms with E-state index in [1.54, 1.807) is 18.2 Å². The quantitative estimate of drug-likeness (QED) is 0.123. The van der Waals surface area contributed by atoms with Gasteiger partial charge in [0.05, 0.1) is 6.61 Å². The average Bonchev–Trinajstić information content (AvgIpc) is 2.77. The Morgan fingerprint density at radius 1 is 0.625 bits per heavy atom. The van der Waals surface area contributed by atoms with Crippen LogP contribution in [0.4, 0.5) is 0 Å². The second kappa shape index (κ2) is 18.5. The molecule has 0 bridgehead atoms. The van der Waals surface area contributed by atoms with Crippen molar-refractivity contribution in [3.8, 4) is 17.2 Å². The largest absolute Gasteiger partial charge is 0.493 e. The molecule has 0 fully saturated rings. The highest BCUT2D eigenvalue weighted by atomic mass is 16.6. The Morgan fingerprint density at radius 2 is 1.12 bits per heavy atom. The van der Waals surface area contributed by atoms with Crippen molar-refractivity contribution in [3.63, 3.8) is 0 Å². The number of rotatable bonds is 19. The van der Waals surface area contributed by atoms with Gasteiger partial charge in [-0.15, -0.1) is 0 Å². The van der Waals surface area contributed by atoms with Crippen LogP contribution in [0.25, 0.3) is 0 Å². The molecule has 0 atom stereocenters. The molecule has 0 aliphatic rings. The molecule has 0 N–H and O–H groups in total. The summed E-state index contributed by atoms with van der Waals surface area (Å²) in [5.74, 6) is 0.536. The summed E-state index contributed by atoms with van der Waals surface area (Å²) in [6, 6.07) is 5.09. The van der Waals surface area contributed by atoms with Crippen molar-refractivity contribution in [3.05, 3.63) is 18.2 Å². The van der Waals surface area contributed by atoms with Crippen LogP contribution in [-0.4, -0.2) is 18.5 Å². The van der Waals surface area contributed by atoms with Gasteiger partial charge in [-0.05, 0) is 31.4 Å². The van der Waals surface area contributed by atoms with Crippen molar-refractivity contribution in [2.24, 2.45) is 0 Å². The van der Waals surface area contributed by atoms with Gasteiger partial charge in [0.2, 0.25) is 0 Å². The first kappa shape index (κ1) is 28.0. The minimum Gasteiger partial charge on any atom is -0.493 e. The number of esters is 2. The molecule has 0 amide bonds. The summed E-state index contributed by atoms with van der Waals surface area (Å²) < 4.78 is 16.9. The molecule has 0 saturated heterocycles. The summed E-state index contributed by atoms with van der Waals surface area (Å²) in [6.45, 7) is 7.02. The van der Waals surface area contributed by atoms with E-state index < -0.39 is 0 Å². The number of benzene rings is 1. The van der Waals surface area contributed by atoms with E-state index in [9.17, 15) is 9.59 Å². The van der Waals surface area contributed by atoms with Crippen molar-refractivity contribution >= 4 is 11.9 Å². The van der Waals surface area contributed by atoms with Crippen LogP contribution in [0.2, 0.25) is 0 Å². The SMILES string of the molecule is CCCCCCCCCOc1ccc(OC(=O)CCCCC)c(OC(=O)CCCCC)c1. The average molecular weight is 449 g/mol.